The molecular formula is C8H8N2S. The molecule has 2 aromatic rings. The predicted molar refractivity (Wildman–Crippen MR) is 48.8 cm³/mol. The van der Waals surface area contributed by atoms with E-state index in [2.05, 4.69) is 22.6 Å². The van der Waals surface area contributed by atoms with Crippen molar-refractivity contribution in [2.45, 2.75) is 5.75 Å². The summed E-state index contributed by atoms with van der Waals surface area (Å²) in [7, 11) is 0. The highest BCUT2D eigenvalue weighted by Gasteiger charge is 1.95. The number of hydrogen-bond acceptors (Lipinski definition) is 2. The molecule has 2 nitrogen and oxygen atoms in total. The first-order chi connectivity index (χ1) is 5.40. The Labute approximate surface area is 70.1 Å². The second kappa shape index (κ2) is 2.58. The van der Waals surface area contributed by atoms with Crippen LogP contribution in [0, 0.1) is 0 Å². The summed E-state index contributed by atoms with van der Waals surface area (Å²) in [5.41, 5.74) is 3.29. The van der Waals surface area contributed by atoms with Gasteiger partial charge in [-0.2, -0.15) is 12.6 Å². The molecule has 0 saturated heterocycles. The van der Waals surface area contributed by atoms with Crippen molar-refractivity contribution in [1.82, 2.24) is 9.97 Å². The summed E-state index contributed by atoms with van der Waals surface area (Å²) in [6, 6.07) is 6.11. The molecule has 1 aromatic heterocycles. The molecule has 0 saturated carbocycles. The summed E-state index contributed by atoms with van der Waals surface area (Å²) < 4.78 is 0. The molecule has 0 amide bonds. The third-order valence-corrected chi connectivity index (χ3v) is 2.03. The molecule has 1 heterocycles. The van der Waals surface area contributed by atoms with E-state index in [9.17, 15) is 0 Å². The van der Waals surface area contributed by atoms with Crippen LogP contribution in [0.15, 0.2) is 24.5 Å². The van der Waals surface area contributed by atoms with E-state index in [1.54, 1.807) is 6.33 Å². The minimum Gasteiger partial charge on any atom is -0.345 e. The van der Waals surface area contributed by atoms with Gasteiger partial charge in [-0.05, 0) is 17.7 Å². The fraction of sp³-hybridized carbons (Fsp3) is 0.125. The Hall–Kier alpha value is -0.960. The fourth-order valence-electron chi connectivity index (χ4n) is 1.08. The molecule has 0 unspecified atom stereocenters. The van der Waals surface area contributed by atoms with Gasteiger partial charge in [-0.1, -0.05) is 6.07 Å². The Morgan fingerprint density at radius 2 is 2.36 bits per heavy atom. The SMILES string of the molecule is SCc1ccc2[nH]cnc2c1. The number of H-pyrrole nitrogens is 1. The van der Waals surface area contributed by atoms with Gasteiger partial charge in [-0.3, -0.25) is 0 Å². The molecule has 0 aliphatic heterocycles. The number of thiol groups is 1. The third-order valence-electron chi connectivity index (χ3n) is 1.67. The number of aromatic nitrogens is 2. The molecule has 0 radical (unpaired) electrons. The highest BCUT2D eigenvalue weighted by atomic mass is 32.1. The van der Waals surface area contributed by atoms with E-state index in [0.717, 1.165) is 16.8 Å². The summed E-state index contributed by atoms with van der Waals surface area (Å²) in [5, 5.41) is 0. The lowest BCUT2D eigenvalue weighted by Gasteiger charge is -1.93. The maximum absolute atomic E-state index is 4.18. The largest absolute Gasteiger partial charge is 0.345 e. The van der Waals surface area contributed by atoms with Gasteiger partial charge in [0.15, 0.2) is 0 Å². The van der Waals surface area contributed by atoms with Gasteiger partial charge in [-0.15, -0.1) is 0 Å². The Balaban J connectivity index is 2.67. The highest BCUT2D eigenvalue weighted by molar-refractivity contribution is 7.79. The van der Waals surface area contributed by atoms with Crippen molar-refractivity contribution in [2.24, 2.45) is 0 Å². The van der Waals surface area contributed by atoms with E-state index < -0.39 is 0 Å². The zero-order valence-electron chi connectivity index (χ0n) is 5.91. The van der Waals surface area contributed by atoms with Crippen LogP contribution in [0.2, 0.25) is 0 Å². The number of aromatic amines is 1. The third kappa shape index (κ3) is 1.12. The van der Waals surface area contributed by atoms with Gasteiger partial charge < -0.3 is 4.98 Å². The monoisotopic (exact) mass is 164 g/mol. The van der Waals surface area contributed by atoms with Crippen molar-refractivity contribution in [2.75, 3.05) is 0 Å². The molecule has 56 valence electrons. The summed E-state index contributed by atoms with van der Waals surface area (Å²) in [4.78, 5) is 7.17. The average molecular weight is 164 g/mol. The van der Waals surface area contributed by atoms with Crippen molar-refractivity contribution in [1.29, 1.82) is 0 Å². The van der Waals surface area contributed by atoms with Crippen molar-refractivity contribution < 1.29 is 0 Å². The normalized spacial score (nSPS) is 10.6. The van der Waals surface area contributed by atoms with Crippen molar-refractivity contribution in [3.8, 4) is 0 Å². The van der Waals surface area contributed by atoms with Crippen LogP contribution in [0.1, 0.15) is 5.56 Å². The molecule has 1 aromatic carbocycles. The zero-order chi connectivity index (χ0) is 7.68. The number of nitrogens with one attached hydrogen (secondary N) is 1. The van der Waals surface area contributed by atoms with Crippen LogP contribution >= 0.6 is 12.6 Å². The van der Waals surface area contributed by atoms with E-state index in [1.165, 1.54) is 5.56 Å². The molecule has 1 N–H and O–H groups in total. The lowest BCUT2D eigenvalue weighted by Crippen LogP contribution is -1.76. The Kier molecular flexibility index (Phi) is 1.58. The standard InChI is InChI=1S/C8H8N2S/c11-4-6-1-2-7-8(3-6)10-5-9-7/h1-3,5,11H,4H2,(H,9,10). The van der Waals surface area contributed by atoms with E-state index in [4.69, 9.17) is 0 Å². The van der Waals surface area contributed by atoms with Crippen LogP contribution in [-0.4, -0.2) is 9.97 Å². The van der Waals surface area contributed by atoms with E-state index in [-0.39, 0.29) is 0 Å². The lowest BCUT2D eigenvalue weighted by molar-refractivity contribution is 1.34. The summed E-state index contributed by atoms with van der Waals surface area (Å²) in [6.45, 7) is 0. The first-order valence-corrected chi connectivity index (χ1v) is 4.06. The van der Waals surface area contributed by atoms with Crippen molar-refractivity contribution in [3.63, 3.8) is 0 Å². The van der Waals surface area contributed by atoms with Gasteiger partial charge in [0, 0.05) is 5.75 Å². The second-order valence-electron chi connectivity index (χ2n) is 2.41. The van der Waals surface area contributed by atoms with E-state index in [0.29, 0.717) is 0 Å². The molecule has 0 atom stereocenters. The van der Waals surface area contributed by atoms with Crippen LogP contribution in [0.5, 0.6) is 0 Å². The van der Waals surface area contributed by atoms with Crippen LogP contribution in [0.25, 0.3) is 11.0 Å². The second-order valence-corrected chi connectivity index (χ2v) is 2.73. The summed E-state index contributed by atoms with van der Waals surface area (Å²) in [6.07, 6.45) is 1.70. The molecule has 2 rings (SSSR count). The first-order valence-electron chi connectivity index (χ1n) is 3.43. The Morgan fingerprint density at radius 3 is 3.18 bits per heavy atom. The lowest BCUT2D eigenvalue weighted by atomic mass is 10.2. The molecule has 3 heteroatoms. The van der Waals surface area contributed by atoms with Gasteiger partial charge in [0.1, 0.15) is 0 Å². The first kappa shape index (κ1) is 6.73. The fourth-order valence-corrected chi connectivity index (χ4v) is 1.27. The molecule has 0 aliphatic rings. The number of nitrogens with zero attached hydrogens (tertiary/aromatic N) is 1. The molecule has 11 heavy (non-hydrogen) atoms. The topological polar surface area (TPSA) is 28.7 Å². The van der Waals surface area contributed by atoms with Gasteiger partial charge in [-0.25, -0.2) is 4.98 Å². The number of hydrogen-bond donors (Lipinski definition) is 2. The predicted octanol–water partition coefficient (Wildman–Crippen LogP) is 1.99. The molecule has 0 aliphatic carbocycles. The van der Waals surface area contributed by atoms with Crippen LogP contribution in [0.3, 0.4) is 0 Å². The van der Waals surface area contributed by atoms with E-state index in [1.807, 2.05) is 18.2 Å². The van der Waals surface area contributed by atoms with Gasteiger partial charge in [0.2, 0.25) is 0 Å². The summed E-state index contributed by atoms with van der Waals surface area (Å²) in [5.74, 6) is 0.767. The molecule has 0 bridgehead atoms. The Morgan fingerprint density at radius 1 is 1.45 bits per heavy atom. The minimum atomic E-state index is 0.767. The van der Waals surface area contributed by atoms with Gasteiger partial charge in [0.25, 0.3) is 0 Å². The van der Waals surface area contributed by atoms with Gasteiger partial charge in [0.05, 0.1) is 17.4 Å². The maximum atomic E-state index is 4.18. The molecular weight excluding hydrogens is 156 g/mol. The molecule has 0 spiro atoms. The number of fused-ring (bicyclic) bond motifs is 1. The quantitative estimate of drug-likeness (QED) is 0.620. The minimum absolute atomic E-state index is 0.767. The van der Waals surface area contributed by atoms with E-state index >= 15 is 0 Å². The average Bonchev–Trinajstić information content (AvgIpc) is 2.50. The van der Waals surface area contributed by atoms with Crippen LogP contribution in [0.4, 0.5) is 0 Å². The summed E-state index contributed by atoms with van der Waals surface area (Å²) >= 11 is 4.18. The zero-order valence-corrected chi connectivity index (χ0v) is 6.81. The molecule has 0 fully saturated rings. The maximum Gasteiger partial charge on any atom is 0.0931 e. The smallest absolute Gasteiger partial charge is 0.0931 e. The van der Waals surface area contributed by atoms with Crippen molar-refractivity contribution >= 4 is 23.7 Å². The van der Waals surface area contributed by atoms with Crippen LogP contribution in [-0.2, 0) is 5.75 Å². The van der Waals surface area contributed by atoms with Crippen molar-refractivity contribution in [3.05, 3.63) is 30.1 Å². The van der Waals surface area contributed by atoms with Gasteiger partial charge >= 0.3 is 0 Å². The highest BCUT2D eigenvalue weighted by Crippen LogP contribution is 2.12. The number of rotatable bonds is 1. The number of imidazole rings is 1. The Bertz CT molecular complexity index is 367. The van der Waals surface area contributed by atoms with Crippen LogP contribution < -0.4 is 0 Å². The number of benzene rings is 1.